The molecule has 0 fully saturated rings. The van der Waals surface area contributed by atoms with Gasteiger partial charge in [-0.3, -0.25) is 0 Å². The number of benzene rings is 2. The first-order valence-corrected chi connectivity index (χ1v) is 10.2. The number of fused-ring (bicyclic) bond motifs is 1. The van der Waals surface area contributed by atoms with Crippen LogP contribution in [0.1, 0.15) is 86.8 Å². The Bertz CT molecular complexity index is 931. The molecule has 0 aromatic heterocycles. The molecule has 3 rings (SSSR count). The maximum absolute atomic E-state index is 10.8. The van der Waals surface area contributed by atoms with Gasteiger partial charge in [0, 0.05) is 12.0 Å². The van der Waals surface area contributed by atoms with E-state index >= 15 is 0 Å². The Balaban J connectivity index is 2.05. The van der Waals surface area contributed by atoms with Crippen LogP contribution in [0.4, 0.5) is 0 Å². The molecule has 0 heterocycles. The summed E-state index contributed by atoms with van der Waals surface area (Å²) in [5.74, 6) is -0.668. The quantitative estimate of drug-likeness (QED) is 0.611. The fourth-order valence-corrected chi connectivity index (χ4v) is 4.48. The molecule has 1 aliphatic carbocycles. The smallest absolute Gasteiger partial charge is 0.328 e. The van der Waals surface area contributed by atoms with E-state index in [-0.39, 0.29) is 16.7 Å². The fraction of sp³-hybridized carbons (Fsp3) is 0.423. The highest BCUT2D eigenvalue weighted by molar-refractivity contribution is 5.85. The highest BCUT2D eigenvalue weighted by Crippen LogP contribution is 2.47. The first kappa shape index (κ1) is 20.4. The Labute approximate surface area is 169 Å². The Morgan fingerprint density at radius 1 is 1.04 bits per heavy atom. The molecular weight excluding hydrogens is 344 g/mol. The fourth-order valence-electron chi connectivity index (χ4n) is 4.48. The summed E-state index contributed by atoms with van der Waals surface area (Å²) in [5, 5.41) is 8.88. The first-order chi connectivity index (χ1) is 13.0. The summed E-state index contributed by atoms with van der Waals surface area (Å²) < 4.78 is 0. The molecule has 1 atom stereocenters. The largest absolute Gasteiger partial charge is 0.478 e. The molecule has 2 aromatic rings. The average Bonchev–Trinajstić information content (AvgIpc) is 2.63. The van der Waals surface area contributed by atoms with E-state index < -0.39 is 5.97 Å². The zero-order chi connectivity index (χ0) is 20.7. The summed E-state index contributed by atoms with van der Waals surface area (Å²) in [7, 11) is 0. The van der Waals surface area contributed by atoms with Crippen molar-refractivity contribution in [2.45, 2.75) is 71.1 Å². The lowest BCUT2D eigenvalue weighted by Gasteiger charge is -2.42. The van der Waals surface area contributed by atoms with Crippen molar-refractivity contribution in [1.82, 2.24) is 0 Å². The minimum atomic E-state index is -0.922. The summed E-state index contributed by atoms with van der Waals surface area (Å²) in [5.41, 5.74) is 8.23. The molecule has 1 aliphatic rings. The van der Waals surface area contributed by atoms with Crippen LogP contribution in [-0.4, -0.2) is 11.1 Å². The van der Waals surface area contributed by atoms with Crippen molar-refractivity contribution >= 4 is 12.0 Å². The number of hydrogen-bond acceptors (Lipinski definition) is 1. The minimum Gasteiger partial charge on any atom is -0.478 e. The van der Waals surface area contributed by atoms with Crippen LogP contribution in [0.5, 0.6) is 0 Å². The second kappa shape index (κ2) is 7.24. The Morgan fingerprint density at radius 3 is 2.25 bits per heavy atom. The number of carboxylic acid groups (broad SMARTS) is 1. The molecule has 2 aromatic carbocycles. The van der Waals surface area contributed by atoms with Crippen LogP contribution in [0.2, 0.25) is 0 Å². The molecule has 28 heavy (non-hydrogen) atoms. The highest BCUT2D eigenvalue weighted by Gasteiger charge is 2.37. The van der Waals surface area contributed by atoms with Crippen molar-refractivity contribution in [3.8, 4) is 0 Å². The van der Waals surface area contributed by atoms with Gasteiger partial charge in [0.1, 0.15) is 0 Å². The van der Waals surface area contributed by atoms with E-state index in [9.17, 15) is 4.79 Å². The summed E-state index contributed by atoms with van der Waals surface area (Å²) in [4.78, 5) is 10.8. The lowest BCUT2D eigenvalue weighted by Crippen LogP contribution is -2.34. The first-order valence-electron chi connectivity index (χ1n) is 10.2. The standard InChI is InChI=1S/C26H32O2/c1-17-14-22-23(26(5,6)13-12-25(22,3)4)16-21(17)18(2)20-9-7-8-19(15-20)10-11-24(27)28/h7-11,14-16,18H,12-13H2,1-6H3,(H,27,28)/b11-10+. The van der Waals surface area contributed by atoms with Gasteiger partial charge in [0.2, 0.25) is 0 Å². The highest BCUT2D eigenvalue weighted by atomic mass is 16.4. The molecule has 1 unspecified atom stereocenters. The van der Waals surface area contributed by atoms with E-state index in [2.05, 4.69) is 65.8 Å². The monoisotopic (exact) mass is 376 g/mol. The van der Waals surface area contributed by atoms with Crippen LogP contribution in [0, 0.1) is 6.92 Å². The van der Waals surface area contributed by atoms with Crippen molar-refractivity contribution < 1.29 is 9.90 Å². The van der Waals surface area contributed by atoms with Gasteiger partial charge < -0.3 is 5.11 Å². The van der Waals surface area contributed by atoms with Gasteiger partial charge in [0.25, 0.3) is 0 Å². The number of carbonyl (C=O) groups is 1. The van der Waals surface area contributed by atoms with Crippen molar-refractivity contribution in [1.29, 1.82) is 0 Å². The summed E-state index contributed by atoms with van der Waals surface area (Å²) in [6.45, 7) is 13.9. The maximum Gasteiger partial charge on any atom is 0.328 e. The second-order valence-corrected chi connectivity index (χ2v) is 9.59. The molecule has 2 heteroatoms. The van der Waals surface area contributed by atoms with Crippen LogP contribution in [-0.2, 0) is 15.6 Å². The van der Waals surface area contributed by atoms with E-state index in [0.29, 0.717) is 0 Å². The van der Waals surface area contributed by atoms with Crippen molar-refractivity contribution in [2.24, 2.45) is 0 Å². The zero-order valence-corrected chi connectivity index (χ0v) is 18.0. The Morgan fingerprint density at radius 2 is 1.64 bits per heavy atom. The molecule has 0 aliphatic heterocycles. The van der Waals surface area contributed by atoms with Crippen molar-refractivity contribution in [3.05, 3.63) is 75.9 Å². The normalized spacial score (nSPS) is 18.6. The van der Waals surface area contributed by atoms with Gasteiger partial charge in [-0.1, -0.05) is 71.0 Å². The van der Waals surface area contributed by atoms with Gasteiger partial charge in [-0.05, 0) is 70.1 Å². The SMILES string of the molecule is Cc1cc2c(cc1C(C)c1cccc(/C=C/C(=O)O)c1)C(C)(C)CCC2(C)C. The molecule has 0 spiro atoms. The number of carboxylic acids is 1. The van der Waals surface area contributed by atoms with E-state index in [4.69, 9.17) is 5.11 Å². The molecule has 1 N–H and O–H groups in total. The Kier molecular flexibility index (Phi) is 5.27. The number of aliphatic carboxylic acids is 1. The van der Waals surface area contributed by atoms with Crippen LogP contribution >= 0.6 is 0 Å². The van der Waals surface area contributed by atoms with Crippen molar-refractivity contribution in [3.63, 3.8) is 0 Å². The molecule has 0 saturated heterocycles. The van der Waals surface area contributed by atoms with Crippen LogP contribution < -0.4 is 0 Å². The summed E-state index contributed by atoms with van der Waals surface area (Å²) in [6.07, 6.45) is 5.28. The molecule has 148 valence electrons. The van der Waals surface area contributed by atoms with E-state index in [1.54, 1.807) is 6.08 Å². The van der Waals surface area contributed by atoms with Crippen LogP contribution in [0.15, 0.2) is 42.5 Å². The van der Waals surface area contributed by atoms with Gasteiger partial charge in [-0.2, -0.15) is 0 Å². The number of hydrogen-bond donors (Lipinski definition) is 1. The third-order valence-electron chi connectivity index (χ3n) is 6.53. The van der Waals surface area contributed by atoms with Gasteiger partial charge >= 0.3 is 5.97 Å². The van der Waals surface area contributed by atoms with Gasteiger partial charge in [0.15, 0.2) is 0 Å². The third kappa shape index (κ3) is 3.92. The third-order valence-corrected chi connectivity index (χ3v) is 6.53. The topological polar surface area (TPSA) is 37.3 Å². The average molecular weight is 377 g/mol. The summed E-state index contributed by atoms with van der Waals surface area (Å²) in [6, 6.07) is 13.0. The van der Waals surface area contributed by atoms with E-state index in [1.165, 1.54) is 46.7 Å². The number of aryl methyl sites for hydroxylation is 1. The molecule has 0 radical (unpaired) electrons. The molecule has 0 saturated carbocycles. The number of rotatable bonds is 4. The van der Waals surface area contributed by atoms with Gasteiger partial charge in [-0.15, -0.1) is 0 Å². The molecule has 2 nitrogen and oxygen atoms in total. The van der Waals surface area contributed by atoms with E-state index in [0.717, 1.165) is 5.56 Å². The Hall–Kier alpha value is -2.35. The summed E-state index contributed by atoms with van der Waals surface area (Å²) >= 11 is 0. The van der Waals surface area contributed by atoms with Gasteiger partial charge in [0.05, 0.1) is 0 Å². The van der Waals surface area contributed by atoms with E-state index in [1.807, 2.05) is 12.1 Å². The van der Waals surface area contributed by atoms with Crippen LogP contribution in [0.3, 0.4) is 0 Å². The van der Waals surface area contributed by atoms with Crippen LogP contribution in [0.25, 0.3) is 6.08 Å². The lowest BCUT2D eigenvalue weighted by atomic mass is 9.62. The second-order valence-electron chi connectivity index (χ2n) is 9.59. The minimum absolute atomic E-state index is 0.194. The van der Waals surface area contributed by atoms with Crippen molar-refractivity contribution in [2.75, 3.05) is 0 Å². The molecule has 0 bridgehead atoms. The maximum atomic E-state index is 10.8. The molecular formula is C26H32O2. The zero-order valence-electron chi connectivity index (χ0n) is 18.0. The van der Waals surface area contributed by atoms with Gasteiger partial charge in [-0.25, -0.2) is 4.79 Å². The molecule has 0 amide bonds. The lowest BCUT2D eigenvalue weighted by molar-refractivity contribution is -0.131. The predicted octanol–water partition coefficient (Wildman–Crippen LogP) is 6.59. The predicted molar refractivity (Wildman–Crippen MR) is 117 cm³/mol.